The van der Waals surface area contributed by atoms with E-state index < -0.39 is 29.6 Å². The lowest BCUT2D eigenvalue weighted by Gasteiger charge is -2.15. The van der Waals surface area contributed by atoms with Gasteiger partial charge in [-0.25, -0.2) is 8.78 Å². The summed E-state index contributed by atoms with van der Waals surface area (Å²) in [7, 11) is 0. The van der Waals surface area contributed by atoms with E-state index >= 15 is 0 Å². The van der Waals surface area contributed by atoms with E-state index in [-0.39, 0.29) is 34.3 Å². The average Bonchev–Trinajstić information content (AvgIpc) is 2.56. The van der Waals surface area contributed by atoms with Gasteiger partial charge in [-0.2, -0.15) is 0 Å². The largest absolute Gasteiger partial charge is 0.480 e. The lowest BCUT2D eigenvalue weighted by Crippen LogP contribution is -2.42. The second kappa shape index (κ2) is 8.93. The Kier molecular flexibility index (Phi) is 6.90. The zero-order chi connectivity index (χ0) is 19.3. The van der Waals surface area contributed by atoms with Gasteiger partial charge in [-0.1, -0.05) is 35.3 Å². The lowest BCUT2D eigenvalue weighted by molar-refractivity contribution is -0.139. The van der Waals surface area contributed by atoms with Crippen LogP contribution in [-0.2, 0) is 16.0 Å². The molecule has 0 spiro atoms. The van der Waals surface area contributed by atoms with Crippen LogP contribution in [0.3, 0.4) is 0 Å². The van der Waals surface area contributed by atoms with E-state index in [9.17, 15) is 23.5 Å². The normalized spacial score (nSPS) is 11.8. The van der Waals surface area contributed by atoms with Gasteiger partial charge in [0.25, 0.3) is 0 Å². The summed E-state index contributed by atoms with van der Waals surface area (Å²) in [6.07, 6.45) is -0.262. The van der Waals surface area contributed by atoms with Gasteiger partial charge in [0.2, 0.25) is 5.91 Å². The molecule has 0 saturated carbocycles. The molecular formula is C17H14Cl2F2N2O3. The van der Waals surface area contributed by atoms with Crippen molar-refractivity contribution in [2.75, 3.05) is 11.9 Å². The van der Waals surface area contributed by atoms with Crippen molar-refractivity contribution in [2.24, 2.45) is 0 Å². The van der Waals surface area contributed by atoms with E-state index in [0.717, 1.165) is 12.1 Å². The molecule has 0 bridgehead atoms. The number of amides is 1. The fraction of sp³-hybridized carbons (Fsp3) is 0.176. The molecule has 0 heterocycles. The Labute approximate surface area is 157 Å². The number of hydrogen-bond donors (Lipinski definition) is 3. The molecular weight excluding hydrogens is 389 g/mol. The Bertz CT molecular complexity index is 813. The summed E-state index contributed by atoms with van der Waals surface area (Å²) in [6.45, 7) is -0.374. The Hall–Kier alpha value is -2.22. The van der Waals surface area contributed by atoms with Crippen LogP contribution in [0.5, 0.6) is 0 Å². The predicted molar refractivity (Wildman–Crippen MR) is 94.6 cm³/mol. The van der Waals surface area contributed by atoms with Crippen LogP contribution in [0, 0.1) is 11.6 Å². The van der Waals surface area contributed by atoms with Crippen molar-refractivity contribution in [1.82, 2.24) is 5.32 Å². The van der Waals surface area contributed by atoms with Crippen molar-refractivity contribution < 1.29 is 23.5 Å². The Morgan fingerprint density at radius 3 is 2.35 bits per heavy atom. The van der Waals surface area contributed by atoms with Gasteiger partial charge in [0, 0.05) is 12.5 Å². The molecule has 3 N–H and O–H groups in total. The first-order valence-corrected chi connectivity index (χ1v) is 8.17. The number of rotatable bonds is 7. The van der Waals surface area contributed by atoms with Gasteiger partial charge in [0.15, 0.2) is 0 Å². The van der Waals surface area contributed by atoms with Crippen LogP contribution in [0.1, 0.15) is 5.56 Å². The molecule has 2 aromatic carbocycles. The maximum Gasteiger partial charge on any atom is 0.321 e. The number of carbonyl (C=O) groups excluding carboxylic acids is 1. The van der Waals surface area contributed by atoms with Crippen molar-refractivity contribution in [3.8, 4) is 0 Å². The van der Waals surface area contributed by atoms with E-state index in [2.05, 4.69) is 10.6 Å². The van der Waals surface area contributed by atoms with Gasteiger partial charge >= 0.3 is 5.97 Å². The number of nitrogens with one attached hydrogen (secondary N) is 2. The van der Waals surface area contributed by atoms with Gasteiger partial charge in [0.1, 0.15) is 17.7 Å². The molecule has 1 unspecified atom stereocenters. The van der Waals surface area contributed by atoms with E-state index in [1.54, 1.807) is 6.07 Å². The third kappa shape index (κ3) is 5.39. The van der Waals surface area contributed by atoms with E-state index in [1.165, 1.54) is 12.1 Å². The second-order valence-electron chi connectivity index (χ2n) is 5.36. The monoisotopic (exact) mass is 402 g/mol. The Balaban J connectivity index is 2.00. The van der Waals surface area contributed by atoms with Crippen LogP contribution in [0.2, 0.25) is 10.0 Å². The number of aliphatic carboxylic acids is 1. The molecule has 0 fully saturated rings. The molecule has 0 aliphatic heterocycles. The molecule has 9 heteroatoms. The summed E-state index contributed by atoms with van der Waals surface area (Å²) >= 11 is 11.9. The summed E-state index contributed by atoms with van der Waals surface area (Å²) in [5.41, 5.74) is 0.222. The fourth-order valence-corrected chi connectivity index (χ4v) is 2.66. The Morgan fingerprint density at radius 2 is 1.77 bits per heavy atom. The number of carboxylic acid groups (broad SMARTS) is 1. The number of benzene rings is 2. The summed E-state index contributed by atoms with van der Waals surface area (Å²) in [6, 6.07) is 6.29. The highest BCUT2D eigenvalue weighted by Gasteiger charge is 2.21. The van der Waals surface area contributed by atoms with Crippen molar-refractivity contribution in [2.45, 2.75) is 12.5 Å². The first-order valence-electron chi connectivity index (χ1n) is 7.42. The molecule has 0 saturated heterocycles. The van der Waals surface area contributed by atoms with Gasteiger partial charge < -0.3 is 10.4 Å². The van der Waals surface area contributed by atoms with Crippen LogP contribution in [-0.4, -0.2) is 29.6 Å². The standard InChI is InChI=1S/C17H14Cl2F2N2O3/c18-11-2-1-3-12(19)16(11)23-15(24)8-22-14(17(25)26)6-9-4-5-10(20)7-13(9)21/h1-5,7,14,22H,6,8H2,(H,23,24)(H,25,26). The van der Waals surface area contributed by atoms with Crippen molar-refractivity contribution in [1.29, 1.82) is 0 Å². The molecule has 1 atom stereocenters. The smallest absolute Gasteiger partial charge is 0.321 e. The number of halogens is 4. The molecule has 5 nitrogen and oxygen atoms in total. The van der Waals surface area contributed by atoms with E-state index in [4.69, 9.17) is 23.2 Å². The van der Waals surface area contributed by atoms with Crippen molar-refractivity contribution in [3.05, 3.63) is 63.6 Å². The highest BCUT2D eigenvalue weighted by molar-refractivity contribution is 6.39. The second-order valence-corrected chi connectivity index (χ2v) is 6.17. The summed E-state index contributed by atoms with van der Waals surface area (Å²) in [5, 5.41) is 14.7. The minimum atomic E-state index is -1.28. The van der Waals surface area contributed by atoms with Crippen molar-refractivity contribution >= 4 is 40.8 Å². The van der Waals surface area contributed by atoms with Gasteiger partial charge in [-0.05, 0) is 23.8 Å². The molecule has 2 aromatic rings. The fourth-order valence-electron chi connectivity index (χ4n) is 2.17. The number of anilines is 1. The first-order chi connectivity index (χ1) is 12.3. The molecule has 0 aromatic heterocycles. The van der Waals surface area contributed by atoms with E-state index in [0.29, 0.717) is 6.07 Å². The SMILES string of the molecule is O=C(CNC(Cc1ccc(F)cc1F)C(=O)O)Nc1c(Cl)cccc1Cl. The lowest BCUT2D eigenvalue weighted by atomic mass is 10.1. The molecule has 0 aliphatic rings. The average molecular weight is 403 g/mol. The maximum atomic E-state index is 13.7. The van der Waals surface area contributed by atoms with Gasteiger partial charge in [0.05, 0.1) is 22.3 Å². The highest BCUT2D eigenvalue weighted by atomic mass is 35.5. The van der Waals surface area contributed by atoms with E-state index in [1.807, 2.05) is 0 Å². The van der Waals surface area contributed by atoms with Gasteiger partial charge in [-0.3, -0.25) is 14.9 Å². The topological polar surface area (TPSA) is 78.4 Å². The minimum absolute atomic E-state index is 0.0147. The summed E-state index contributed by atoms with van der Waals surface area (Å²) in [5.74, 6) is -3.48. The molecule has 1 amide bonds. The third-order valence-corrected chi connectivity index (χ3v) is 4.10. The molecule has 0 aliphatic carbocycles. The number of carbonyl (C=O) groups is 2. The summed E-state index contributed by atoms with van der Waals surface area (Å²) in [4.78, 5) is 23.3. The summed E-state index contributed by atoms with van der Waals surface area (Å²) < 4.78 is 26.6. The Morgan fingerprint density at radius 1 is 1.12 bits per heavy atom. The van der Waals surface area contributed by atoms with Crippen LogP contribution in [0.15, 0.2) is 36.4 Å². The minimum Gasteiger partial charge on any atom is -0.480 e. The zero-order valence-electron chi connectivity index (χ0n) is 13.2. The predicted octanol–water partition coefficient (Wildman–Crippen LogP) is 3.50. The van der Waals surface area contributed by atoms with Crippen LogP contribution < -0.4 is 10.6 Å². The molecule has 138 valence electrons. The van der Waals surface area contributed by atoms with Crippen LogP contribution >= 0.6 is 23.2 Å². The molecule has 0 radical (unpaired) electrons. The first kappa shape index (κ1) is 20.1. The van der Waals surface area contributed by atoms with Crippen molar-refractivity contribution in [3.63, 3.8) is 0 Å². The number of carboxylic acids is 1. The number of para-hydroxylation sites is 1. The molecule has 26 heavy (non-hydrogen) atoms. The zero-order valence-corrected chi connectivity index (χ0v) is 14.7. The third-order valence-electron chi connectivity index (χ3n) is 3.47. The quantitative estimate of drug-likeness (QED) is 0.662. The number of hydrogen-bond acceptors (Lipinski definition) is 3. The van der Waals surface area contributed by atoms with Gasteiger partial charge in [-0.15, -0.1) is 0 Å². The highest BCUT2D eigenvalue weighted by Crippen LogP contribution is 2.29. The maximum absolute atomic E-state index is 13.7. The van der Waals surface area contributed by atoms with Crippen LogP contribution in [0.25, 0.3) is 0 Å². The van der Waals surface area contributed by atoms with Crippen LogP contribution in [0.4, 0.5) is 14.5 Å². The molecule has 2 rings (SSSR count).